The van der Waals surface area contributed by atoms with Gasteiger partial charge in [0.1, 0.15) is 5.01 Å². The van der Waals surface area contributed by atoms with Crippen molar-refractivity contribution < 1.29 is 13.2 Å². The molecule has 0 fully saturated rings. The molecule has 0 saturated carbocycles. The van der Waals surface area contributed by atoms with Crippen LogP contribution >= 0.6 is 22.9 Å². The zero-order valence-electron chi connectivity index (χ0n) is 19.9. The van der Waals surface area contributed by atoms with Crippen LogP contribution in [0.1, 0.15) is 15.9 Å². The first-order valence-electron chi connectivity index (χ1n) is 11.5. The number of carbonyl (C=O) groups is 1. The van der Waals surface area contributed by atoms with E-state index in [1.165, 1.54) is 15.6 Å². The van der Waals surface area contributed by atoms with Crippen LogP contribution in [0.15, 0.2) is 114 Å². The van der Waals surface area contributed by atoms with E-state index < -0.39 is 10.0 Å². The molecule has 10 heteroatoms. The van der Waals surface area contributed by atoms with Gasteiger partial charge in [0, 0.05) is 16.1 Å². The van der Waals surface area contributed by atoms with Gasteiger partial charge in [0.15, 0.2) is 0 Å². The summed E-state index contributed by atoms with van der Waals surface area (Å²) in [7, 11) is -3.81. The van der Waals surface area contributed by atoms with E-state index in [2.05, 4.69) is 15.5 Å². The van der Waals surface area contributed by atoms with Gasteiger partial charge in [-0.25, -0.2) is 8.42 Å². The predicted molar refractivity (Wildman–Crippen MR) is 151 cm³/mol. The average molecular weight is 561 g/mol. The molecule has 0 aliphatic carbocycles. The molecule has 1 N–H and O–H groups in total. The summed E-state index contributed by atoms with van der Waals surface area (Å²) in [6, 6.07) is 31.2. The van der Waals surface area contributed by atoms with Crippen molar-refractivity contribution in [2.45, 2.75) is 11.4 Å². The number of aromatic nitrogens is 2. The lowest BCUT2D eigenvalue weighted by molar-refractivity contribution is 0.102. The van der Waals surface area contributed by atoms with Gasteiger partial charge in [-0.05, 0) is 54.1 Å². The molecule has 0 saturated heterocycles. The molecule has 0 bridgehead atoms. The largest absolute Gasteiger partial charge is 0.296 e. The molecule has 1 amide bonds. The minimum atomic E-state index is -3.81. The fourth-order valence-electron chi connectivity index (χ4n) is 3.71. The monoisotopic (exact) mass is 560 g/mol. The van der Waals surface area contributed by atoms with Crippen LogP contribution in [0.3, 0.4) is 0 Å². The second-order valence-electron chi connectivity index (χ2n) is 8.23. The minimum Gasteiger partial charge on any atom is -0.296 e. The van der Waals surface area contributed by atoms with E-state index in [0.29, 0.717) is 26.4 Å². The number of sulfonamides is 1. The molecule has 4 aromatic carbocycles. The van der Waals surface area contributed by atoms with Gasteiger partial charge in [-0.2, -0.15) is 0 Å². The summed E-state index contributed by atoms with van der Waals surface area (Å²) < 4.78 is 28.3. The molecule has 0 unspecified atom stereocenters. The summed E-state index contributed by atoms with van der Waals surface area (Å²) in [5.74, 6) is -0.341. The van der Waals surface area contributed by atoms with E-state index in [-0.39, 0.29) is 17.3 Å². The summed E-state index contributed by atoms with van der Waals surface area (Å²) in [4.78, 5) is 13.0. The standard InChI is InChI=1S/C28H21ClN4O3S2/c29-23-17-15-22(16-18-23)27-31-32-28(37-27)30-26(34)21-13-11-20(12-14-21)19-33(24-7-3-1-4-8-24)38(35,36)25-9-5-2-6-10-25/h1-18H,19H2,(H,30,32,34). The van der Waals surface area contributed by atoms with Crippen LogP contribution in [0.5, 0.6) is 0 Å². The molecule has 1 aromatic heterocycles. The first-order chi connectivity index (χ1) is 18.4. The maximum Gasteiger partial charge on any atom is 0.264 e. The third-order valence-corrected chi connectivity index (χ3v) is 8.58. The van der Waals surface area contributed by atoms with Crippen molar-refractivity contribution >= 4 is 49.7 Å². The summed E-state index contributed by atoms with van der Waals surface area (Å²) in [6.45, 7) is 0.101. The van der Waals surface area contributed by atoms with E-state index in [9.17, 15) is 13.2 Å². The third-order valence-electron chi connectivity index (χ3n) is 5.65. The van der Waals surface area contributed by atoms with Gasteiger partial charge in [-0.1, -0.05) is 83.6 Å². The van der Waals surface area contributed by atoms with Gasteiger partial charge in [0.25, 0.3) is 15.9 Å². The van der Waals surface area contributed by atoms with Gasteiger partial charge < -0.3 is 0 Å². The number of rotatable bonds is 8. The smallest absolute Gasteiger partial charge is 0.264 e. The van der Waals surface area contributed by atoms with Crippen LogP contribution in [0, 0.1) is 0 Å². The van der Waals surface area contributed by atoms with Crippen molar-refractivity contribution in [1.29, 1.82) is 0 Å². The van der Waals surface area contributed by atoms with Crippen molar-refractivity contribution in [3.63, 3.8) is 0 Å². The van der Waals surface area contributed by atoms with Gasteiger partial charge in [0.2, 0.25) is 5.13 Å². The zero-order valence-corrected chi connectivity index (χ0v) is 22.2. The third kappa shape index (κ3) is 5.75. The van der Waals surface area contributed by atoms with Crippen LogP contribution in [0.25, 0.3) is 10.6 Å². The normalized spacial score (nSPS) is 11.2. The van der Waals surface area contributed by atoms with E-state index in [1.807, 2.05) is 18.2 Å². The lowest BCUT2D eigenvalue weighted by Crippen LogP contribution is -2.30. The van der Waals surface area contributed by atoms with Gasteiger partial charge >= 0.3 is 0 Å². The number of halogens is 1. The molecule has 5 aromatic rings. The number of anilines is 2. The fraction of sp³-hybridized carbons (Fsp3) is 0.0357. The van der Waals surface area contributed by atoms with Gasteiger partial charge in [-0.3, -0.25) is 14.4 Å². The van der Waals surface area contributed by atoms with Crippen molar-refractivity contribution in [1.82, 2.24) is 10.2 Å². The van der Waals surface area contributed by atoms with Crippen LogP contribution in [0.2, 0.25) is 5.02 Å². The maximum absolute atomic E-state index is 13.5. The highest BCUT2D eigenvalue weighted by molar-refractivity contribution is 7.92. The van der Waals surface area contributed by atoms with Crippen molar-refractivity contribution in [2.75, 3.05) is 9.62 Å². The van der Waals surface area contributed by atoms with E-state index in [4.69, 9.17) is 11.6 Å². The number of benzene rings is 4. The molecule has 1 heterocycles. The molecule has 190 valence electrons. The Balaban J connectivity index is 1.32. The Bertz CT molecular complexity index is 1640. The minimum absolute atomic E-state index is 0.101. The van der Waals surface area contributed by atoms with Crippen LogP contribution in [-0.2, 0) is 16.6 Å². The topological polar surface area (TPSA) is 92.3 Å². The molecular weight excluding hydrogens is 540 g/mol. The first-order valence-corrected chi connectivity index (χ1v) is 14.2. The molecule has 5 rings (SSSR count). The predicted octanol–water partition coefficient (Wildman–Crippen LogP) is 6.51. The van der Waals surface area contributed by atoms with Gasteiger partial charge in [-0.15, -0.1) is 10.2 Å². The van der Waals surface area contributed by atoms with Gasteiger partial charge in [0.05, 0.1) is 17.1 Å². The number of hydrogen-bond donors (Lipinski definition) is 1. The zero-order chi connectivity index (χ0) is 26.5. The number of carbonyl (C=O) groups excluding carboxylic acids is 1. The molecule has 0 aliphatic heterocycles. The lowest BCUT2D eigenvalue weighted by atomic mass is 10.1. The molecule has 7 nitrogen and oxygen atoms in total. The van der Waals surface area contributed by atoms with E-state index in [1.54, 1.807) is 91.0 Å². The fourth-order valence-corrected chi connectivity index (χ4v) is 6.05. The number of amides is 1. The Hall–Kier alpha value is -4.05. The van der Waals surface area contributed by atoms with Crippen LogP contribution < -0.4 is 9.62 Å². The summed E-state index contributed by atoms with van der Waals surface area (Å²) in [5.41, 5.74) is 2.54. The van der Waals surface area contributed by atoms with Crippen LogP contribution in [-0.4, -0.2) is 24.5 Å². The Labute approximate surface area is 229 Å². The van der Waals surface area contributed by atoms with Crippen LogP contribution in [0.4, 0.5) is 10.8 Å². The summed E-state index contributed by atoms with van der Waals surface area (Å²) in [5, 5.41) is 12.6. The van der Waals surface area contributed by atoms with E-state index >= 15 is 0 Å². The highest BCUT2D eigenvalue weighted by atomic mass is 35.5. The molecule has 38 heavy (non-hydrogen) atoms. The number of hydrogen-bond acceptors (Lipinski definition) is 6. The second kappa shape index (κ2) is 11.1. The lowest BCUT2D eigenvalue weighted by Gasteiger charge is -2.24. The average Bonchev–Trinajstić information content (AvgIpc) is 3.41. The summed E-state index contributed by atoms with van der Waals surface area (Å²) >= 11 is 7.19. The molecule has 0 radical (unpaired) electrons. The Morgan fingerprint density at radius 3 is 2.11 bits per heavy atom. The van der Waals surface area contributed by atoms with Crippen molar-refractivity contribution in [3.05, 3.63) is 125 Å². The van der Waals surface area contributed by atoms with E-state index in [0.717, 1.165) is 11.1 Å². The highest BCUT2D eigenvalue weighted by Crippen LogP contribution is 2.28. The SMILES string of the molecule is O=C(Nc1nnc(-c2ccc(Cl)cc2)s1)c1ccc(CN(c2ccccc2)S(=O)(=O)c2ccccc2)cc1. The quantitative estimate of drug-likeness (QED) is 0.234. The second-order valence-corrected chi connectivity index (χ2v) is 11.5. The molecule has 0 aliphatic rings. The highest BCUT2D eigenvalue weighted by Gasteiger charge is 2.25. The Morgan fingerprint density at radius 1 is 0.816 bits per heavy atom. The Kier molecular flexibility index (Phi) is 7.50. The first kappa shape index (κ1) is 25.6. The molecule has 0 atom stereocenters. The van der Waals surface area contributed by atoms with Crippen molar-refractivity contribution in [3.8, 4) is 10.6 Å². The summed E-state index contributed by atoms with van der Waals surface area (Å²) in [6.07, 6.45) is 0. The Morgan fingerprint density at radius 2 is 1.45 bits per heavy atom. The maximum atomic E-state index is 13.5. The van der Waals surface area contributed by atoms with Crippen molar-refractivity contribution in [2.24, 2.45) is 0 Å². The number of nitrogens with one attached hydrogen (secondary N) is 1. The molecule has 0 spiro atoms. The number of nitrogens with zero attached hydrogens (tertiary/aromatic N) is 3. The number of para-hydroxylation sites is 1. The molecular formula is C28H21ClN4O3S2.